The fourth-order valence-corrected chi connectivity index (χ4v) is 7.75. The van der Waals surface area contributed by atoms with Crippen LogP contribution in [-0.4, -0.2) is 22.4 Å². The Hall–Kier alpha value is -0.0800. The molecule has 0 bridgehead atoms. The summed E-state index contributed by atoms with van der Waals surface area (Å²) in [4.78, 5) is 0. The summed E-state index contributed by atoms with van der Waals surface area (Å²) in [6.45, 7) is 4.89. The summed E-state index contributed by atoms with van der Waals surface area (Å²) in [5, 5.41) is 20.4. The summed E-state index contributed by atoms with van der Waals surface area (Å²) in [7, 11) is 0. The van der Waals surface area contributed by atoms with Crippen molar-refractivity contribution in [3.8, 4) is 0 Å². The first-order valence-corrected chi connectivity index (χ1v) is 9.84. The van der Waals surface area contributed by atoms with Gasteiger partial charge in [0.1, 0.15) is 0 Å². The summed E-state index contributed by atoms with van der Waals surface area (Å²) in [5.41, 5.74) is 0.932. The highest BCUT2D eigenvalue weighted by Crippen LogP contribution is 2.68. The molecule has 4 aliphatic rings. The molecule has 2 unspecified atom stereocenters. The Morgan fingerprint density at radius 3 is 2.41 bits per heavy atom. The van der Waals surface area contributed by atoms with Crippen LogP contribution in [0.1, 0.15) is 78.1 Å². The van der Waals surface area contributed by atoms with Gasteiger partial charge in [0.25, 0.3) is 0 Å². The van der Waals surface area contributed by atoms with E-state index in [1.165, 1.54) is 38.5 Å². The lowest BCUT2D eigenvalue weighted by atomic mass is 9.43. The van der Waals surface area contributed by atoms with Crippen molar-refractivity contribution in [1.29, 1.82) is 0 Å². The van der Waals surface area contributed by atoms with E-state index < -0.39 is 0 Å². The van der Waals surface area contributed by atoms with Crippen molar-refractivity contribution in [3.63, 3.8) is 0 Å². The maximum absolute atomic E-state index is 10.3. The molecule has 0 spiro atoms. The molecular formula is C20H34O2. The van der Waals surface area contributed by atoms with Gasteiger partial charge in [-0.15, -0.1) is 0 Å². The zero-order valence-corrected chi connectivity index (χ0v) is 14.4. The van der Waals surface area contributed by atoms with E-state index >= 15 is 0 Å². The number of hydrogen-bond donors (Lipinski definition) is 2. The molecule has 2 nitrogen and oxygen atoms in total. The maximum Gasteiger partial charge on any atom is 0.0548 e. The monoisotopic (exact) mass is 306 g/mol. The van der Waals surface area contributed by atoms with Crippen molar-refractivity contribution in [3.05, 3.63) is 0 Å². The SMILES string of the molecule is CC[C@]12CC[C@]3(C)C[C@H](O)C[C@H]3[C@@H]1CCC1CC(O)CC[C@@H]12. The largest absolute Gasteiger partial charge is 0.393 e. The summed E-state index contributed by atoms with van der Waals surface area (Å²) >= 11 is 0. The van der Waals surface area contributed by atoms with Crippen molar-refractivity contribution in [2.24, 2.45) is 34.5 Å². The second-order valence-corrected chi connectivity index (χ2v) is 9.46. The highest BCUT2D eigenvalue weighted by molar-refractivity contribution is 5.10. The molecular weight excluding hydrogens is 272 g/mol. The van der Waals surface area contributed by atoms with E-state index in [0.29, 0.717) is 10.8 Å². The van der Waals surface area contributed by atoms with Gasteiger partial charge < -0.3 is 10.2 Å². The summed E-state index contributed by atoms with van der Waals surface area (Å²) in [6, 6.07) is 0. The third-order valence-electron chi connectivity index (χ3n) is 8.71. The molecule has 22 heavy (non-hydrogen) atoms. The normalized spacial score (nSPS) is 57.8. The Morgan fingerprint density at radius 2 is 1.64 bits per heavy atom. The van der Waals surface area contributed by atoms with Crippen LogP contribution in [0.3, 0.4) is 0 Å². The molecule has 4 saturated carbocycles. The van der Waals surface area contributed by atoms with E-state index in [9.17, 15) is 10.2 Å². The molecule has 0 aromatic carbocycles. The predicted octanol–water partition coefficient (Wildman–Crippen LogP) is 4.14. The topological polar surface area (TPSA) is 40.5 Å². The Bertz CT molecular complexity index is 435. The van der Waals surface area contributed by atoms with Gasteiger partial charge in [-0.3, -0.25) is 0 Å². The van der Waals surface area contributed by atoms with E-state index in [2.05, 4.69) is 13.8 Å². The van der Waals surface area contributed by atoms with E-state index in [-0.39, 0.29) is 12.2 Å². The van der Waals surface area contributed by atoms with E-state index in [1.54, 1.807) is 0 Å². The Morgan fingerprint density at radius 1 is 0.864 bits per heavy atom. The molecule has 2 heteroatoms. The third kappa shape index (κ3) is 2.05. The van der Waals surface area contributed by atoms with Crippen molar-refractivity contribution in [2.45, 2.75) is 90.3 Å². The third-order valence-corrected chi connectivity index (χ3v) is 8.71. The molecule has 0 aliphatic heterocycles. The number of hydrogen-bond acceptors (Lipinski definition) is 2. The molecule has 2 N–H and O–H groups in total. The lowest BCUT2D eigenvalue weighted by molar-refractivity contribution is -0.139. The van der Waals surface area contributed by atoms with E-state index in [4.69, 9.17) is 0 Å². The Balaban J connectivity index is 1.66. The van der Waals surface area contributed by atoms with Crippen LogP contribution in [-0.2, 0) is 0 Å². The van der Waals surface area contributed by atoms with Crippen LogP contribution in [0.5, 0.6) is 0 Å². The second kappa shape index (κ2) is 5.21. The van der Waals surface area contributed by atoms with Gasteiger partial charge in [0.15, 0.2) is 0 Å². The van der Waals surface area contributed by atoms with Crippen LogP contribution in [0.15, 0.2) is 0 Å². The van der Waals surface area contributed by atoms with Crippen LogP contribution in [0, 0.1) is 34.5 Å². The van der Waals surface area contributed by atoms with E-state index in [0.717, 1.165) is 49.4 Å². The van der Waals surface area contributed by atoms with Crippen LogP contribution in [0.2, 0.25) is 0 Å². The van der Waals surface area contributed by atoms with Gasteiger partial charge in [-0.1, -0.05) is 13.8 Å². The van der Waals surface area contributed by atoms with Gasteiger partial charge in [0, 0.05) is 0 Å². The molecule has 4 aliphatic carbocycles. The Kier molecular flexibility index (Phi) is 3.66. The summed E-state index contributed by atoms with van der Waals surface area (Å²) < 4.78 is 0. The molecule has 0 heterocycles. The first-order valence-electron chi connectivity index (χ1n) is 9.84. The number of aliphatic hydroxyl groups is 2. The van der Waals surface area contributed by atoms with Crippen LogP contribution in [0.4, 0.5) is 0 Å². The lowest BCUT2D eigenvalue weighted by Crippen LogP contribution is -2.55. The standard InChI is InChI=1S/C20H34O2/c1-3-20-9-8-19(2)12-15(22)11-18(19)17(20)6-4-13-10-14(21)5-7-16(13)20/h13-18,21-22H,3-12H2,1-2H3/t13?,14?,15-,16+,17+,18+,19-,20-/m1/s1. The summed E-state index contributed by atoms with van der Waals surface area (Å²) in [5.74, 6) is 3.21. The van der Waals surface area contributed by atoms with Crippen LogP contribution >= 0.6 is 0 Å². The lowest BCUT2D eigenvalue weighted by Gasteiger charge is -2.62. The first kappa shape index (κ1) is 15.4. The fourth-order valence-electron chi connectivity index (χ4n) is 7.75. The van der Waals surface area contributed by atoms with Crippen molar-refractivity contribution < 1.29 is 10.2 Å². The first-order chi connectivity index (χ1) is 10.5. The Labute approximate surface area is 135 Å². The zero-order chi connectivity index (χ0) is 15.5. The molecule has 8 atom stereocenters. The highest BCUT2D eigenvalue weighted by atomic mass is 16.3. The van der Waals surface area contributed by atoms with Crippen LogP contribution < -0.4 is 0 Å². The minimum absolute atomic E-state index is 0.0335. The second-order valence-electron chi connectivity index (χ2n) is 9.46. The van der Waals surface area contributed by atoms with Gasteiger partial charge in [-0.2, -0.15) is 0 Å². The quantitative estimate of drug-likeness (QED) is 0.764. The van der Waals surface area contributed by atoms with E-state index in [1.807, 2.05) is 0 Å². The molecule has 0 saturated heterocycles. The molecule has 0 amide bonds. The molecule has 4 rings (SSSR count). The molecule has 0 radical (unpaired) electrons. The molecule has 126 valence electrons. The maximum atomic E-state index is 10.3. The van der Waals surface area contributed by atoms with Gasteiger partial charge in [0.2, 0.25) is 0 Å². The van der Waals surface area contributed by atoms with Crippen molar-refractivity contribution in [2.75, 3.05) is 0 Å². The average Bonchev–Trinajstić information content (AvgIpc) is 2.80. The predicted molar refractivity (Wildman–Crippen MR) is 88.4 cm³/mol. The zero-order valence-electron chi connectivity index (χ0n) is 14.4. The minimum atomic E-state index is -0.0476. The van der Waals surface area contributed by atoms with Gasteiger partial charge in [0.05, 0.1) is 12.2 Å². The van der Waals surface area contributed by atoms with Gasteiger partial charge in [-0.05, 0) is 98.7 Å². The van der Waals surface area contributed by atoms with Gasteiger partial charge >= 0.3 is 0 Å². The van der Waals surface area contributed by atoms with Gasteiger partial charge in [-0.25, -0.2) is 0 Å². The van der Waals surface area contributed by atoms with Crippen molar-refractivity contribution >= 4 is 0 Å². The molecule has 0 aromatic heterocycles. The number of fused-ring (bicyclic) bond motifs is 5. The number of rotatable bonds is 1. The summed E-state index contributed by atoms with van der Waals surface area (Å²) in [6.07, 6.45) is 12.1. The minimum Gasteiger partial charge on any atom is -0.393 e. The fraction of sp³-hybridized carbons (Fsp3) is 1.00. The van der Waals surface area contributed by atoms with Crippen LogP contribution in [0.25, 0.3) is 0 Å². The smallest absolute Gasteiger partial charge is 0.0548 e. The van der Waals surface area contributed by atoms with Crippen molar-refractivity contribution in [1.82, 2.24) is 0 Å². The molecule has 0 aromatic rings. The number of aliphatic hydroxyl groups excluding tert-OH is 2. The molecule has 4 fully saturated rings. The average molecular weight is 306 g/mol. The highest BCUT2D eigenvalue weighted by Gasteiger charge is 2.61.